The fourth-order valence-electron chi connectivity index (χ4n) is 4.82. The first-order valence-corrected chi connectivity index (χ1v) is 15.5. The molecule has 1 aliphatic rings. The molecule has 11 heteroatoms. The molecule has 45 heavy (non-hydrogen) atoms. The summed E-state index contributed by atoms with van der Waals surface area (Å²) >= 11 is 14.3. The summed E-state index contributed by atoms with van der Waals surface area (Å²) in [6.45, 7) is 4.60. The number of rotatable bonds is 9. The van der Waals surface area contributed by atoms with Crippen molar-refractivity contribution in [1.29, 1.82) is 0 Å². The number of amides is 4. The second-order valence-corrected chi connectivity index (χ2v) is 12.3. The van der Waals surface area contributed by atoms with E-state index in [0.717, 1.165) is 30.7 Å². The minimum absolute atomic E-state index is 0.192. The van der Waals surface area contributed by atoms with Crippen LogP contribution in [-0.4, -0.2) is 25.0 Å². The Kier molecular flexibility index (Phi) is 10.0. The molecule has 0 bridgehead atoms. The Hall–Kier alpha value is -4.06. The van der Waals surface area contributed by atoms with Gasteiger partial charge in [-0.25, -0.2) is 9.69 Å². The number of methoxy groups -OCH3 is 1. The molecule has 8 nitrogen and oxygen atoms in total. The summed E-state index contributed by atoms with van der Waals surface area (Å²) < 4.78 is 18.2. The molecule has 0 aromatic heterocycles. The van der Waals surface area contributed by atoms with Crippen molar-refractivity contribution in [2.45, 2.75) is 27.1 Å². The van der Waals surface area contributed by atoms with E-state index in [2.05, 4.69) is 46.1 Å². The average molecular weight is 757 g/mol. The number of carbonyl (C=O) groups excluding carboxylic acids is 3. The van der Waals surface area contributed by atoms with Gasteiger partial charge in [-0.3, -0.25) is 14.9 Å². The van der Waals surface area contributed by atoms with Gasteiger partial charge in [-0.05, 0) is 102 Å². The van der Waals surface area contributed by atoms with Gasteiger partial charge in [-0.1, -0.05) is 58.6 Å². The summed E-state index contributed by atoms with van der Waals surface area (Å²) in [6, 6.07) is 20.3. The highest BCUT2D eigenvalue weighted by atomic mass is 127. The Labute approximate surface area is 284 Å². The molecule has 1 saturated heterocycles. The van der Waals surface area contributed by atoms with Crippen molar-refractivity contribution < 1.29 is 28.6 Å². The van der Waals surface area contributed by atoms with Gasteiger partial charge in [0.15, 0.2) is 11.5 Å². The topological polar surface area (TPSA) is 94.2 Å². The lowest BCUT2D eigenvalue weighted by Gasteiger charge is -2.26. The molecule has 0 atom stereocenters. The number of aryl methyl sites for hydroxylation is 2. The molecule has 4 amide bonds. The number of nitrogens with zero attached hydrogens (tertiary/aromatic N) is 1. The van der Waals surface area contributed by atoms with Crippen molar-refractivity contribution in [3.8, 4) is 17.2 Å². The maximum absolute atomic E-state index is 13.5. The number of anilines is 1. The van der Waals surface area contributed by atoms with Crippen molar-refractivity contribution >= 4 is 75.4 Å². The highest BCUT2D eigenvalue weighted by Crippen LogP contribution is 2.36. The number of nitrogens with one attached hydrogen (secondary N) is 1. The van der Waals surface area contributed by atoms with Crippen LogP contribution in [0, 0.1) is 17.4 Å². The van der Waals surface area contributed by atoms with Crippen molar-refractivity contribution in [3.63, 3.8) is 0 Å². The quantitative estimate of drug-likeness (QED) is 0.106. The first-order valence-electron chi connectivity index (χ1n) is 13.7. The van der Waals surface area contributed by atoms with E-state index in [-0.39, 0.29) is 17.9 Å². The lowest BCUT2D eigenvalue weighted by molar-refractivity contribution is -0.122. The molecule has 0 unspecified atom stereocenters. The first kappa shape index (κ1) is 32.3. The van der Waals surface area contributed by atoms with E-state index >= 15 is 0 Å². The second-order valence-electron chi connectivity index (χ2n) is 10.3. The molecule has 0 saturated carbocycles. The predicted octanol–water partition coefficient (Wildman–Crippen LogP) is 8.05. The minimum atomic E-state index is -0.856. The Morgan fingerprint density at radius 2 is 1.58 bits per heavy atom. The van der Waals surface area contributed by atoms with E-state index in [9.17, 15) is 14.4 Å². The fraction of sp³-hybridized carbons (Fsp3) is 0.147. The number of imide groups is 2. The lowest BCUT2D eigenvalue weighted by Crippen LogP contribution is -2.54. The van der Waals surface area contributed by atoms with Crippen LogP contribution in [0.4, 0.5) is 10.5 Å². The molecule has 0 aliphatic carbocycles. The van der Waals surface area contributed by atoms with Crippen molar-refractivity contribution in [1.82, 2.24) is 5.32 Å². The van der Waals surface area contributed by atoms with Gasteiger partial charge in [0.05, 0.1) is 16.4 Å². The average Bonchev–Trinajstić information content (AvgIpc) is 2.98. The van der Waals surface area contributed by atoms with Crippen LogP contribution in [0.5, 0.6) is 17.2 Å². The number of carbonyl (C=O) groups is 3. The molecule has 4 aromatic carbocycles. The van der Waals surface area contributed by atoms with Gasteiger partial charge in [0.1, 0.15) is 24.5 Å². The summed E-state index contributed by atoms with van der Waals surface area (Å²) in [5.41, 5.74) is 4.62. The van der Waals surface area contributed by atoms with E-state index in [1.807, 2.05) is 13.8 Å². The number of ether oxygens (including phenoxy) is 3. The zero-order chi connectivity index (χ0) is 32.2. The number of halogens is 3. The highest BCUT2D eigenvalue weighted by Gasteiger charge is 2.37. The Morgan fingerprint density at radius 1 is 0.867 bits per heavy atom. The predicted molar refractivity (Wildman–Crippen MR) is 182 cm³/mol. The Morgan fingerprint density at radius 3 is 2.24 bits per heavy atom. The third-order valence-electron chi connectivity index (χ3n) is 6.83. The third-order valence-corrected chi connectivity index (χ3v) is 8.22. The van der Waals surface area contributed by atoms with Gasteiger partial charge in [-0.2, -0.15) is 0 Å². The molecule has 4 aromatic rings. The molecule has 1 heterocycles. The smallest absolute Gasteiger partial charge is 0.335 e. The summed E-state index contributed by atoms with van der Waals surface area (Å²) in [7, 11) is 1.52. The van der Waals surface area contributed by atoms with Gasteiger partial charge < -0.3 is 14.2 Å². The molecule has 230 valence electrons. The van der Waals surface area contributed by atoms with Crippen LogP contribution in [0.25, 0.3) is 6.08 Å². The Balaban J connectivity index is 1.34. The molecule has 1 fully saturated rings. The summed E-state index contributed by atoms with van der Waals surface area (Å²) in [4.78, 5) is 39.9. The molecule has 0 spiro atoms. The molecule has 5 rings (SSSR count). The zero-order valence-electron chi connectivity index (χ0n) is 24.5. The van der Waals surface area contributed by atoms with Gasteiger partial charge in [0, 0.05) is 15.6 Å². The number of urea groups is 1. The van der Waals surface area contributed by atoms with Crippen LogP contribution < -0.4 is 24.4 Å². The molecular formula is C34H27Cl2IN2O6. The summed E-state index contributed by atoms with van der Waals surface area (Å²) in [5.74, 6) is -0.107. The van der Waals surface area contributed by atoms with E-state index < -0.39 is 17.8 Å². The first-order chi connectivity index (χ1) is 21.5. The summed E-state index contributed by atoms with van der Waals surface area (Å²) in [5, 5.41) is 3.25. The van der Waals surface area contributed by atoms with Crippen molar-refractivity contribution in [3.05, 3.63) is 120 Å². The molecular weight excluding hydrogens is 730 g/mol. The molecule has 1 N–H and O–H groups in total. The number of hydrogen-bond donors (Lipinski definition) is 1. The van der Waals surface area contributed by atoms with E-state index in [0.29, 0.717) is 39.5 Å². The monoisotopic (exact) mass is 756 g/mol. The molecule has 1 aliphatic heterocycles. The van der Waals surface area contributed by atoms with E-state index in [4.69, 9.17) is 37.4 Å². The van der Waals surface area contributed by atoms with Crippen LogP contribution >= 0.6 is 45.8 Å². The van der Waals surface area contributed by atoms with Crippen molar-refractivity contribution in [2.75, 3.05) is 12.0 Å². The largest absolute Gasteiger partial charge is 0.493 e. The SMILES string of the molecule is COc1cc(/C=C2\C(=O)NC(=O)N(c3ccc(OCc4ccc(Cl)cc4Cl)cc3)C2=O)cc(I)c1OCc1cc(C)cc(C)c1. The third kappa shape index (κ3) is 7.61. The van der Waals surface area contributed by atoms with Crippen LogP contribution in [0.2, 0.25) is 10.0 Å². The van der Waals surface area contributed by atoms with Gasteiger partial charge >= 0.3 is 6.03 Å². The standard InChI is InChI=1S/C34H27Cl2IN2O6/c1-19-10-20(2)12-22(11-19)17-45-31-29(37)14-21(15-30(31)43-3)13-27-32(40)38-34(42)39(33(27)41)25-6-8-26(9-7-25)44-18-23-4-5-24(35)16-28(23)36/h4-16H,17-18H2,1-3H3,(H,38,40,42)/b27-13+. The zero-order valence-corrected chi connectivity index (χ0v) is 28.1. The maximum Gasteiger partial charge on any atom is 0.335 e. The summed E-state index contributed by atoms with van der Waals surface area (Å²) in [6.07, 6.45) is 1.42. The van der Waals surface area contributed by atoms with Crippen LogP contribution in [0.15, 0.2) is 78.4 Å². The number of benzene rings is 4. The van der Waals surface area contributed by atoms with Gasteiger partial charge in [0.25, 0.3) is 11.8 Å². The highest BCUT2D eigenvalue weighted by molar-refractivity contribution is 14.1. The van der Waals surface area contributed by atoms with Gasteiger partial charge in [0.2, 0.25) is 0 Å². The molecule has 0 radical (unpaired) electrons. The normalized spacial score (nSPS) is 14.0. The van der Waals surface area contributed by atoms with Crippen molar-refractivity contribution in [2.24, 2.45) is 0 Å². The van der Waals surface area contributed by atoms with E-state index in [1.165, 1.54) is 13.2 Å². The Bertz CT molecular complexity index is 1820. The van der Waals surface area contributed by atoms with Crippen LogP contribution in [-0.2, 0) is 22.8 Å². The second kappa shape index (κ2) is 13.9. The number of barbiturate groups is 1. The van der Waals surface area contributed by atoms with E-state index in [1.54, 1.807) is 54.6 Å². The van der Waals surface area contributed by atoms with Crippen LogP contribution in [0.1, 0.15) is 27.8 Å². The minimum Gasteiger partial charge on any atom is -0.493 e. The number of hydrogen-bond acceptors (Lipinski definition) is 6. The van der Waals surface area contributed by atoms with Crippen LogP contribution in [0.3, 0.4) is 0 Å². The van der Waals surface area contributed by atoms with Gasteiger partial charge in [-0.15, -0.1) is 0 Å². The fourth-order valence-corrected chi connectivity index (χ4v) is 6.07. The lowest BCUT2D eigenvalue weighted by atomic mass is 10.1. The maximum atomic E-state index is 13.5.